The largest absolute Gasteiger partial charge is 0.439 e. The van der Waals surface area contributed by atoms with E-state index < -0.39 is 0 Å². The second kappa shape index (κ2) is 9.25. The zero-order chi connectivity index (χ0) is 17.3. The van der Waals surface area contributed by atoms with Gasteiger partial charge in [0, 0.05) is 15.4 Å². The number of nitrogens with zero attached hydrogens (tertiary/aromatic N) is 1. The maximum Gasteiger partial charge on any atom is 0.220 e. The van der Waals surface area contributed by atoms with E-state index in [1.54, 1.807) is 11.8 Å². The molecule has 0 unspecified atom stereocenters. The summed E-state index contributed by atoms with van der Waals surface area (Å²) in [5.41, 5.74) is 0.853. The van der Waals surface area contributed by atoms with Crippen molar-refractivity contribution in [3.63, 3.8) is 0 Å². The predicted molar refractivity (Wildman–Crippen MR) is 110 cm³/mol. The summed E-state index contributed by atoms with van der Waals surface area (Å²) in [6.45, 7) is 0. The zero-order valence-electron chi connectivity index (χ0n) is 13.4. The molecule has 0 heterocycles. The fraction of sp³-hybridized carbons (Fsp3) is 0. The van der Waals surface area contributed by atoms with Crippen molar-refractivity contribution in [3.05, 3.63) is 101 Å². The third-order valence-electron chi connectivity index (χ3n) is 3.19. The van der Waals surface area contributed by atoms with Crippen LogP contribution in [0.25, 0.3) is 0 Å². The van der Waals surface area contributed by atoms with Gasteiger partial charge in [-0.25, -0.2) is 4.99 Å². The van der Waals surface area contributed by atoms with Crippen molar-refractivity contribution in [3.8, 4) is 5.75 Å². The molecule has 3 aromatic carbocycles. The Bertz CT molecular complexity index is 846. The normalized spacial score (nSPS) is 11.6. The lowest BCUT2D eigenvalue weighted by Gasteiger charge is -2.05. The van der Waals surface area contributed by atoms with E-state index in [4.69, 9.17) is 4.74 Å². The van der Waals surface area contributed by atoms with E-state index in [1.165, 1.54) is 0 Å². The van der Waals surface area contributed by atoms with Crippen LogP contribution in [0.1, 0.15) is 0 Å². The summed E-state index contributed by atoms with van der Waals surface area (Å²) < 4.78 is 6.99. The maximum atomic E-state index is 5.92. The number of thioether (sulfide) groups is 1. The fourth-order valence-corrected chi connectivity index (χ4v) is 2.92. The smallest absolute Gasteiger partial charge is 0.220 e. The maximum absolute atomic E-state index is 5.92. The molecule has 25 heavy (non-hydrogen) atoms. The highest BCUT2D eigenvalue weighted by molar-refractivity contribution is 9.10. The standard InChI is InChI=1S/C21H16BrNOS/c22-17-11-13-20(14-12-17)25-16-15-21(23-18-7-3-1-4-8-18)24-19-9-5-2-6-10-19/h1-16H/b16-15+,23-21?. The van der Waals surface area contributed by atoms with Gasteiger partial charge in [-0.15, -0.1) is 0 Å². The Hall–Kier alpha value is -2.30. The average Bonchev–Trinajstić information content (AvgIpc) is 2.65. The van der Waals surface area contributed by atoms with Crippen LogP contribution in [0.3, 0.4) is 0 Å². The van der Waals surface area contributed by atoms with Crippen molar-refractivity contribution in [2.75, 3.05) is 0 Å². The summed E-state index contributed by atoms with van der Waals surface area (Å²) in [6, 6.07) is 27.6. The number of ether oxygens (including phenoxy) is 1. The molecule has 0 spiro atoms. The van der Waals surface area contributed by atoms with Crippen LogP contribution in [-0.4, -0.2) is 5.90 Å². The first-order valence-electron chi connectivity index (χ1n) is 7.75. The van der Waals surface area contributed by atoms with Crippen molar-refractivity contribution in [2.24, 2.45) is 4.99 Å². The van der Waals surface area contributed by atoms with E-state index >= 15 is 0 Å². The SMILES string of the molecule is Brc1ccc(S/C=C/C(=Nc2ccccc2)Oc2ccccc2)cc1. The molecule has 0 atom stereocenters. The summed E-state index contributed by atoms with van der Waals surface area (Å²) in [6.07, 6.45) is 1.88. The van der Waals surface area contributed by atoms with Gasteiger partial charge in [0.2, 0.25) is 5.90 Å². The van der Waals surface area contributed by atoms with Crippen LogP contribution < -0.4 is 4.74 Å². The fourth-order valence-electron chi connectivity index (χ4n) is 2.02. The number of halogens is 1. The molecular weight excluding hydrogens is 394 g/mol. The highest BCUT2D eigenvalue weighted by atomic mass is 79.9. The number of rotatable bonds is 5. The van der Waals surface area contributed by atoms with Gasteiger partial charge in [-0.1, -0.05) is 64.1 Å². The second-order valence-corrected chi connectivity index (χ2v) is 6.97. The third-order valence-corrected chi connectivity index (χ3v) is 4.53. The van der Waals surface area contributed by atoms with Gasteiger partial charge in [0.25, 0.3) is 0 Å². The summed E-state index contributed by atoms with van der Waals surface area (Å²) in [5.74, 6) is 1.30. The molecular formula is C21H16BrNOS. The molecule has 0 saturated carbocycles. The van der Waals surface area contributed by atoms with Crippen LogP contribution in [0.5, 0.6) is 5.75 Å². The van der Waals surface area contributed by atoms with Crippen molar-refractivity contribution in [2.45, 2.75) is 4.90 Å². The van der Waals surface area contributed by atoms with E-state index in [1.807, 2.05) is 84.3 Å². The Morgan fingerprint density at radius 3 is 2.16 bits per heavy atom. The lowest BCUT2D eigenvalue weighted by molar-refractivity contribution is 0.556. The van der Waals surface area contributed by atoms with Gasteiger partial charge >= 0.3 is 0 Å². The summed E-state index contributed by atoms with van der Waals surface area (Å²) in [5, 5.41) is 1.98. The van der Waals surface area contributed by atoms with Crippen molar-refractivity contribution in [1.82, 2.24) is 0 Å². The van der Waals surface area contributed by atoms with Gasteiger partial charge in [-0.05, 0) is 53.9 Å². The molecule has 0 fully saturated rings. The Morgan fingerprint density at radius 1 is 0.840 bits per heavy atom. The van der Waals surface area contributed by atoms with E-state index in [2.05, 4.69) is 33.1 Å². The van der Waals surface area contributed by atoms with Gasteiger partial charge in [-0.2, -0.15) is 0 Å². The Labute approximate surface area is 160 Å². The lowest BCUT2D eigenvalue weighted by Crippen LogP contribution is -2.04. The second-order valence-electron chi connectivity index (χ2n) is 5.08. The molecule has 124 valence electrons. The minimum Gasteiger partial charge on any atom is -0.439 e. The first kappa shape index (κ1) is 17.5. The summed E-state index contributed by atoms with van der Waals surface area (Å²) >= 11 is 5.06. The topological polar surface area (TPSA) is 21.6 Å². The first-order chi connectivity index (χ1) is 12.3. The Kier molecular flexibility index (Phi) is 6.48. The molecule has 3 rings (SSSR count). The predicted octanol–water partition coefficient (Wildman–Crippen LogP) is 6.86. The molecule has 4 heteroatoms. The lowest BCUT2D eigenvalue weighted by atomic mass is 10.3. The quantitative estimate of drug-likeness (QED) is 0.260. The number of benzene rings is 3. The Balaban J connectivity index is 1.77. The summed E-state index contributed by atoms with van der Waals surface area (Å²) in [4.78, 5) is 5.74. The zero-order valence-corrected chi connectivity index (χ0v) is 15.8. The van der Waals surface area contributed by atoms with Crippen molar-refractivity contribution in [1.29, 1.82) is 0 Å². The molecule has 0 aliphatic rings. The molecule has 0 aliphatic carbocycles. The van der Waals surface area contributed by atoms with Crippen LogP contribution in [-0.2, 0) is 0 Å². The molecule has 0 saturated heterocycles. The van der Waals surface area contributed by atoms with Crippen molar-refractivity contribution >= 4 is 39.3 Å². The van der Waals surface area contributed by atoms with E-state index in [0.717, 1.165) is 20.8 Å². The molecule has 3 aromatic rings. The monoisotopic (exact) mass is 409 g/mol. The van der Waals surface area contributed by atoms with Gasteiger partial charge in [0.05, 0.1) is 5.69 Å². The molecule has 0 amide bonds. The molecule has 0 N–H and O–H groups in total. The van der Waals surface area contributed by atoms with E-state index in [-0.39, 0.29) is 0 Å². The molecule has 2 nitrogen and oxygen atoms in total. The van der Waals surface area contributed by atoms with Gasteiger partial charge in [0.15, 0.2) is 0 Å². The number of hydrogen-bond donors (Lipinski definition) is 0. The van der Waals surface area contributed by atoms with Gasteiger partial charge in [0.1, 0.15) is 5.75 Å². The van der Waals surface area contributed by atoms with Crippen LogP contribution >= 0.6 is 27.7 Å². The first-order valence-corrected chi connectivity index (χ1v) is 9.42. The average molecular weight is 410 g/mol. The van der Waals surface area contributed by atoms with Gasteiger partial charge < -0.3 is 4.74 Å². The minimum absolute atomic E-state index is 0.544. The van der Waals surface area contributed by atoms with Gasteiger partial charge in [-0.3, -0.25) is 0 Å². The molecule has 0 aliphatic heterocycles. The molecule has 0 aromatic heterocycles. The van der Waals surface area contributed by atoms with Crippen LogP contribution in [0.2, 0.25) is 0 Å². The van der Waals surface area contributed by atoms with Crippen molar-refractivity contribution < 1.29 is 4.74 Å². The molecule has 0 radical (unpaired) electrons. The highest BCUT2D eigenvalue weighted by Crippen LogP contribution is 2.22. The minimum atomic E-state index is 0.544. The number of hydrogen-bond acceptors (Lipinski definition) is 3. The molecule has 0 bridgehead atoms. The van der Waals surface area contributed by atoms with Crippen LogP contribution in [0, 0.1) is 0 Å². The highest BCUT2D eigenvalue weighted by Gasteiger charge is 2.00. The Morgan fingerprint density at radius 2 is 1.48 bits per heavy atom. The summed E-state index contributed by atoms with van der Waals surface area (Å²) in [7, 11) is 0. The third kappa shape index (κ3) is 5.93. The van der Waals surface area contributed by atoms with Crippen LogP contribution in [0.4, 0.5) is 5.69 Å². The number of aliphatic imine (C=N–C) groups is 1. The van der Waals surface area contributed by atoms with E-state index in [9.17, 15) is 0 Å². The van der Waals surface area contributed by atoms with E-state index in [0.29, 0.717) is 5.90 Å². The number of para-hydroxylation sites is 2. The van der Waals surface area contributed by atoms with Crippen LogP contribution in [0.15, 0.2) is 111 Å².